The van der Waals surface area contributed by atoms with Gasteiger partial charge in [-0.1, -0.05) is 11.6 Å². The number of nitrogens with two attached hydrogens (primary N) is 1. The van der Waals surface area contributed by atoms with Gasteiger partial charge in [-0.2, -0.15) is 5.90 Å². The van der Waals surface area contributed by atoms with E-state index >= 15 is 0 Å². The Morgan fingerprint density at radius 2 is 2.40 bits per heavy atom. The van der Waals surface area contributed by atoms with E-state index in [1.165, 1.54) is 6.20 Å². The molecule has 1 aromatic heterocycles. The summed E-state index contributed by atoms with van der Waals surface area (Å²) in [4.78, 5) is 7.50. The molecule has 1 rings (SSSR count). The highest BCUT2D eigenvalue weighted by molar-refractivity contribution is 6.30. The van der Waals surface area contributed by atoms with Gasteiger partial charge in [-0.05, 0) is 6.07 Å². The first-order valence-corrected chi connectivity index (χ1v) is 2.79. The van der Waals surface area contributed by atoms with Gasteiger partial charge >= 0.3 is 0 Å². The highest BCUT2D eigenvalue weighted by Gasteiger charge is 2.03. The second-order valence-corrected chi connectivity index (χ2v) is 1.99. The summed E-state index contributed by atoms with van der Waals surface area (Å²) in [6, 6.07) is 1.07. The zero-order chi connectivity index (χ0) is 7.56. The molecule has 0 saturated heterocycles. The van der Waals surface area contributed by atoms with Crippen molar-refractivity contribution in [3.63, 3.8) is 0 Å². The molecule has 0 aliphatic heterocycles. The first-order chi connectivity index (χ1) is 4.74. The molecular weight excluding hydrogens is 159 g/mol. The highest BCUT2D eigenvalue weighted by atomic mass is 35.5. The van der Waals surface area contributed by atoms with Crippen molar-refractivity contribution in [1.29, 1.82) is 0 Å². The summed E-state index contributed by atoms with van der Waals surface area (Å²) in [5.74, 6) is 3.72. The number of nitrogens with zero attached hydrogens (tertiary/aromatic N) is 1. The highest BCUT2D eigenvalue weighted by Crippen LogP contribution is 2.15. The third-order valence-electron chi connectivity index (χ3n) is 0.886. The fourth-order valence-electron chi connectivity index (χ4n) is 0.489. The Bertz CT molecular complexity index is 243. The number of aromatic nitrogens is 1. The van der Waals surface area contributed by atoms with E-state index < -0.39 is 5.82 Å². The van der Waals surface area contributed by atoms with Crippen LogP contribution in [0.15, 0.2) is 12.3 Å². The van der Waals surface area contributed by atoms with Gasteiger partial charge in [0.15, 0.2) is 5.82 Å². The van der Waals surface area contributed by atoms with Crippen molar-refractivity contribution in [2.75, 3.05) is 0 Å². The fraction of sp³-hybridized carbons (Fsp3) is 0. The summed E-state index contributed by atoms with van der Waals surface area (Å²) < 4.78 is 12.5. The van der Waals surface area contributed by atoms with E-state index in [0.717, 1.165) is 6.07 Å². The third kappa shape index (κ3) is 1.34. The SMILES string of the molecule is NOc1ncc(Cl)cc1F. The van der Waals surface area contributed by atoms with Crippen LogP contribution in [0.2, 0.25) is 5.02 Å². The average Bonchev–Trinajstić information content (AvgIpc) is 1.88. The Kier molecular flexibility index (Phi) is 2.03. The van der Waals surface area contributed by atoms with Gasteiger partial charge in [-0.3, -0.25) is 0 Å². The van der Waals surface area contributed by atoms with Crippen LogP contribution >= 0.6 is 11.6 Å². The fourth-order valence-corrected chi connectivity index (χ4v) is 0.633. The molecule has 0 atom stereocenters. The zero-order valence-electron chi connectivity index (χ0n) is 4.84. The van der Waals surface area contributed by atoms with E-state index in [9.17, 15) is 4.39 Å². The number of hydrogen-bond donors (Lipinski definition) is 1. The molecule has 0 aliphatic carbocycles. The number of rotatable bonds is 1. The minimum Gasteiger partial charge on any atom is -0.388 e. The van der Waals surface area contributed by atoms with Crippen molar-refractivity contribution >= 4 is 11.6 Å². The van der Waals surface area contributed by atoms with Crippen molar-refractivity contribution in [2.45, 2.75) is 0 Å². The van der Waals surface area contributed by atoms with E-state index in [-0.39, 0.29) is 10.9 Å². The van der Waals surface area contributed by atoms with Crippen molar-refractivity contribution in [3.05, 3.63) is 23.1 Å². The number of halogens is 2. The normalized spacial score (nSPS) is 9.50. The van der Waals surface area contributed by atoms with Crippen molar-refractivity contribution in [2.24, 2.45) is 5.90 Å². The molecule has 0 radical (unpaired) electrons. The van der Waals surface area contributed by atoms with E-state index in [1.807, 2.05) is 0 Å². The Morgan fingerprint density at radius 3 is 2.90 bits per heavy atom. The van der Waals surface area contributed by atoms with E-state index in [1.54, 1.807) is 0 Å². The first-order valence-electron chi connectivity index (χ1n) is 2.42. The van der Waals surface area contributed by atoms with Crippen LogP contribution < -0.4 is 10.7 Å². The summed E-state index contributed by atoms with van der Waals surface area (Å²) in [5, 5.41) is 0.207. The maximum atomic E-state index is 12.5. The maximum Gasteiger partial charge on any atom is 0.273 e. The summed E-state index contributed by atoms with van der Waals surface area (Å²) >= 11 is 5.38. The van der Waals surface area contributed by atoms with Gasteiger partial charge in [0.25, 0.3) is 5.88 Å². The molecule has 0 saturated carbocycles. The van der Waals surface area contributed by atoms with Crippen LogP contribution in [0.4, 0.5) is 4.39 Å². The van der Waals surface area contributed by atoms with Crippen LogP contribution in [-0.2, 0) is 0 Å². The smallest absolute Gasteiger partial charge is 0.273 e. The van der Waals surface area contributed by atoms with Gasteiger partial charge in [0.2, 0.25) is 0 Å². The quantitative estimate of drug-likeness (QED) is 0.630. The Balaban J connectivity index is 3.07. The van der Waals surface area contributed by atoms with E-state index in [0.29, 0.717) is 0 Å². The molecule has 54 valence electrons. The van der Waals surface area contributed by atoms with Gasteiger partial charge in [0.05, 0.1) is 5.02 Å². The van der Waals surface area contributed by atoms with Crippen LogP contribution in [0.5, 0.6) is 5.88 Å². The molecule has 0 unspecified atom stereocenters. The van der Waals surface area contributed by atoms with Crippen molar-refractivity contribution < 1.29 is 9.23 Å². The maximum absolute atomic E-state index is 12.5. The lowest BCUT2D eigenvalue weighted by Gasteiger charge is -1.97. The molecule has 1 aromatic rings. The van der Waals surface area contributed by atoms with Crippen LogP contribution in [0.25, 0.3) is 0 Å². The summed E-state index contributed by atoms with van der Waals surface area (Å²) in [6.45, 7) is 0. The monoisotopic (exact) mass is 162 g/mol. The van der Waals surface area contributed by atoms with Crippen LogP contribution in [-0.4, -0.2) is 4.98 Å². The molecule has 0 spiro atoms. The second kappa shape index (κ2) is 2.81. The lowest BCUT2D eigenvalue weighted by molar-refractivity contribution is 0.301. The summed E-state index contributed by atoms with van der Waals surface area (Å²) in [5.41, 5.74) is 0. The van der Waals surface area contributed by atoms with Crippen LogP contribution in [0.3, 0.4) is 0 Å². The average molecular weight is 163 g/mol. The molecule has 0 fully saturated rings. The molecular formula is C5H4ClFN2O. The Hall–Kier alpha value is -0.870. The van der Waals surface area contributed by atoms with Gasteiger partial charge < -0.3 is 4.84 Å². The molecule has 0 aliphatic rings. The summed E-state index contributed by atoms with van der Waals surface area (Å²) in [6.07, 6.45) is 1.24. The number of hydrogen-bond acceptors (Lipinski definition) is 3. The Morgan fingerprint density at radius 1 is 1.70 bits per heavy atom. The molecule has 10 heavy (non-hydrogen) atoms. The minimum atomic E-state index is -0.671. The topological polar surface area (TPSA) is 48.1 Å². The van der Waals surface area contributed by atoms with E-state index in [2.05, 4.69) is 15.7 Å². The van der Waals surface area contributed by atoms with Gasteiger partial charge in [-0.25, -0.2) is 9.37 Å². The molecule has 0 aromatic carbocycles. The molecule has 0 bridgehead atoms. The van der Waals surface area contributed by atoms with Crippen LogP contribution in [0, 0.1) is 5.82 Å². The van der Waals surface area contributed by atoms with Crippen LogP contribution in [0.1, 0.15) is 0 Å². The molecule has 5 heteroatoms. The molecule has 3 nitrogen and oxygen atoms in total. The van der Waals surface area contributed by atoms with E-state index in [4.69, 9.17) is 11.6 Å². The van der Waals surface area contributed by atoms with Gasteiger partial charge in [0, 0.05) is 6.20 Å². The lowest BCUT2D eigenvalue weighted by atomic mass is 10.5. The third-order valence-corrected chi connectivity index (χ3v) is 1.09. The molecule has 2 N–H and O–H groups in total. The predicted octanol–water partition coefficient (Wildman–Crippen LogP) is 1.13. The minimum absolute atomic E-state index is 0.207. The standard InChI is InChI=1S/C5H4ClFN2O/c6-3-1-4(7)5(10-8)9-2-3/h1-2H,8H2. The number of pyridine rings is 1. The van der Waals surface area contributed by atoms with Crippen molar-refractivity contribution in [1.82, 2.24) is 4.98 Å². The zero-order valence-corrected chi connectivity index (χ0v) is 5.60. The second-order valence-electron chi connectivity index (χ2n) is 1.56. The Labute approximate surface area is 61.5 Å². The van der Waals surface area contributed by atoms with Gasteiger partial charge in [0.1, 0.15) is 0 Å². The van der Waals surface area contributed by atoms with Gasteiger partial charge in [-0.15, -0.1) is 0 Å². The lowest BCUT2D eigenvalue weighted by Crippen LogP contribution is -2.05. The predicted molar refractivity (Wildman–Crippen MR) is 34.0 cm³/mol. The van der Waals surface area contributed by atoms with Crippen molar-refractivity contribution in [3.8, 4) is 5.88 Å². The first kappa shape index (κ1) is 7.24. The summed E-state index contributed by atoms with van der Waals surface area (Å²) in [7, 11) is 0. The largest absolute Gasteiger partial charge is 0.388 e. The molecule has 0 amide bonds. The molecule has 1 heterocycles.